The fourth-order valence-electron chi connectivity index (χ4n) is 5.44. The van der Waals surface area contributed by atoms with Gasteiger partial charge in [0.2, 0.25) is 11.9 Å². The molecule has 0 spiro atoms. The minimum atomic E-state index is -0.517. The van der Waals surface area contributed by atoms with Crippen molar-refractivity contribution in [2.75, 3.05) is 43.9 Å². The number of hydrogen-bond acceptors (Lipinski definition) is 8. The lowest BCUT2D eigenvalue weighted by Crippen LogP contribution is -2.39. The van der Waals surface area contributed by atoms with Crippen molar-refractivity contribution in [2.24, 2.45) is 0 Å². The predicted molar refractivity (Wildman–Crippen MR) is 184 cm³/mol. The molecule has 1 fully saturated rings. The molecule has 11 heteroatoms. The Bertz CT molecular complexity index is 1670. The zero-order valence-electron chi connectivity index (χ0n) is 26.8. The number of anilines is 2. The maximum Gasteiger partial charge on any atom is 0.320 e. The number of rotatable bonds is 11. The van der Waals surface area contributed by atoms with E-state index in [2.05, 4.69) is 31.6 Å². The Morgan fingerprint density at radius 1 is 1.13 bits per heavy atom. The van der Waals surface area contributed by atoms with Crippen molar-refractivity contribution in [3.63, 3.8) is 0 Å². The number of esters is 1. The van der Waals surface area contributed by atoms with Crippen LogP contribution in [0.4, 0.5) is 11.6 Å². The van der Waals surface area contributed by atoms with E-state index in [1.165, 1.54) is 11.6 Å². The monoisotopic (exact) mass is 643 g/mol. The van der Waals surface area contributed by atoms with Crippen molar-refractivity contribution in [1.82, 2.24) is 24.8 Å². The topological polar surface area (TPSA) is 115 Å². The average Bonchev–Trinajstić information content (AvgIpc) is 3.43. The van der Waals surface area contributed by atoms with Crippen LogP contribution in [-0.2, 0) is 20.9 Å². The maximum absolute atomic E-state index is 12.4. The summed E-state index contributed by atoms with van der Waals surface area (Å²) in [6, 6.07) is 16.3. The smallest absolute Gasteiger partial charge is 0.320 e. The van der Waals surface area contributed by atoms with E-state index >= 15 is 0 Å². The van der Waals surface area contributed by atoms with Crippen molar-refractivity contribution < 1.29 is 14.3 Å². The van der Waals surface area contributed by atoms with Gasteiger partial charge in [-0.1, -0.05) is 48.0 Å². The molecule has 1 amide bonds. The number of aromatic amines is 1. The molecule has 0 radical (unpaired) electrons. The third kappa shape index (κ3) is 9.38. The number of amides is 1. The fourth-order valence-corrected chi connectivity index (χ4v) is 5.64. The Hall–Kier alpha value is -4.25. The predicted octanol–water partition coefficient (Wildman–Crippen LogP) is 6.12. The lowest BCUT2D eigenvalue weighted by molar-refractivity contribution is -0.155. The molecule has 4 aromatic rings. The van der Waals surface area contributed by atoms with Crippen LogP contribution in [0.1, 0.15) is 39.2 Å². The van der Waals surface area contributed by atoms with Crippen LogP contribution in [0.3, 0.4) is 0 Å². The molecule has 1 aliphatic rings. The minimum absolute atomic E-state index is 0.156. The Kier molecular flexibility index (Phi) is 10.7. The van der Waals surface area contributed by atoms with Gasteiger partial charge in [0.1, 0.15) is 5.60 Å². The largest absolute Gasteiger partial charge is 0.459 e. The Morgan fingerprint density at radius 2 is 1.87 bits per heavy atom. The fraction of sp³-hybridized carbons (Fsp3) is 0.371. The van der Waals surface area contributed by atoms with Gasteiger partial charge in [-0.25, -0.2) is 9.97 Å². The number of piperidine rings is 1. The van der Waals surface area contributed by atoms with Crippen LogP contribution in [0, 0.1) is 0 Å². The van der Waals surface area contributed by atoms with Gasteiger partial charge in [0, 0.05) is 66.6 Å². The van der Waals surface area contributed by atoms with E-state index in [0.717, 1.165) is 54.6 Å². The van der Waals surface area contributed by atoms with Crippen molar-refractivity contribution in [3.8, 4) is 11.3 Å². The quantitative estimate of drug-likeness (QED) is 0.132. The van der Waals surface area contributed by atoms with Crippen molar-refractivity contribution in [3.05, 3.63) is 83.7 Å². The second kappa shape index (κ2) is 14.9. The van der Waals surface area contributed by atoms with E-state index in [1.54, 1.807) is 24.2 Å². The first-order chi connectivity index (χ1) is 22.0. The number of hydrogen-bond donors (Lipinski definition) is 3. The number of para-hydroxylation sites is 1. The molecule has 2 aromatic carbocycles. The van der Waals surface area contributed by atoms with Crippen LogP contribution in [0.25, 0.3) is 22.2 Å². The summed E-state index contributed by atoms with van der Waals surface area (Å²) in [5.41, 5.74) is 4.12. The van der Waals surface area contributed by atoms with E-state index in [9.17, 15) is 9.59 Å². The number of nitrogens with one attached hydrogen (secondary N) is 3. The molecule has 46 heavy (non-hydrogen) atoms. The number of carbonyl (C=O) groups excluding carboxylic acids is 2. The summed E-state index contributed by atoms with van der Waals surface area (Å²) in [7, 11) is 1.81. The van der Waals surface area contributed by atoms with Gasteiger partial charge in [0.25, 0.3) is 0 Å². The van der Waals surface area contributed by atoms with Crippen molar-refractivity contribution in [1.29, 1.82) is 0 Å². The molecule has 2 aromatic heterocycles. The summed E-state index contributed by atoms with van der Waals surface area (Å²) in [6.45, 7) is 8.86. The number of fused-ring (bicyclic) bond motifs is 1. The first kappa shape index (κ1) is 33.1. The van der Waals surface area contributed by atoms with Crippen LogP contribution in [0.2, 0.25) is 5.02 Å². The average molecular weight is 644 g/mol. The number of carbonyl (C=O) groups is 2. The number of likely N-dealkylation sites (N-methyl/N-ethyl adjacent to an activating group) is 1. The summed E-state index contributed by atoms with van der Waals surface area (Å²) in [4.78, 5) is 41.1. The van der Waals surface area contributed by atoms with Gasteiger partial charge < -0.3 is 20.4 Å². The second-order valence-electron chi connectivity index (χ2n) is 12.7. The maximum atomic E-state index is 12.4. The van der Waals surface area contributed by atoms with Crippen molar-refractivity contribution in [2.45, 2.75) is 51.8 Å². The Labute approximate surface area is 275 Å². The highest BCUT2D eigenvalue weighted by Crippen LogP contribution is 2.32. The second-order valence-corrected chi connectivity index (χ2v) is 13.1. The molecule has 0 bridgehead atoms. The van der Waals surface area contributed by atoms with Crippen LogP contribution in [0.5, 0.6) is 0 Å². The van der Waals surface area contributed by atoms with E-state index < -0.39 is 5.60 Å². The SMILES string of the molecule is CN(CC=CC(=O)Nc1ccc(CN2CCC(Nc3ncc(Cl)c(-c4c[nH]c5ccccc45)n3)CC2)cc1)CC(=O)OC(C)(C)C. The highest BCUT2D eigenvalue weighted by Gasteiger charge is 2.21. The third-order valence-corrected chi connectivity index (χ3v) is 7.92. The first-order valence-electron chi connectivity index (χ1n) is 15.6. The number of aromatic nitrogens is 3. The summed E-state index contributed by atoms with van der Waals surface area (Å²) in [6.07, 6.45) is 8.77. The van der Waals surface area contributed by atoms with Crippen LogP contribution >= 0.6 is 11.6 Å². The summed E-state index contributed by atoms with van der Waals surface area (Å²) in [5.74, 6) is 0.0763. The van der Waals surface area contributed by atoms with Gasteiger partial charge in [0.05, 0.1) is 23.5 Å². The highest BCUT2D eigenvalue weighted by atomic mass is 35.5. The van der Waals surface area contributed by atoms with Gasteiger partial charge in [-0.2, -0.15) is 0 Å². The van der Waals surface area contributed by atoms with Crippen LogP contribution < -0.4 is 10.6 Å². The van der Waals surface area contributed by atoms with E-state index in [-0.39, 0.29) is 24.5 Å². The highest BCUT2D eigenvalue weighted by molar-refractivity contribution is 6.33. The zero-order chi connectivity index (χ0) is 32.7. The molecular formula is C35H42ClN7O3. The lowest BCUT2D eigenvalue weighted by atomic mass is 10.0. The molecular weight excluding hydrogens is 602 g/mol. The molecule has 3 heterocycles. The molecule has 0 saturated carbocycles. The standard InChI is InChI=1S/C35H42ClN7O3/c1-35(2,3)46-32(45)23-42(4)17-7-10-31(44)39-25-13-11-24(12-14-25)22-43-18-15-26(16-19-43)40-34-38-21-29(36)33(41-34)28-20-37-30-9-6-5-8-27(28)30/h5-14,20-21,26,37H,15-19,22-23H2,1-4H3,(H,39,44)(H,38,40,41). The van der Waals surface area contributed by atoms with Gasteiger partial charge in [0.15, 0.2) is 0 Å². The number of benzene rings is 2. The number of halogens is 1. The van der Waals surface area contributed by atoms with E-state index in [4.69, 9.17) is 21.3 Å². The first-order valence-corrected chi connectivity index (χ1v) is 15.9. The molecule has 0 aliphatic carbocycles. The molecule has 10 nitrogen and oxygen atoms in total. The molecule has 0 atom stereocenters. The van der Waals surface area contributed by atoms with Crippen molar-refractivity contribution >= 4 is 46.0 Å². The van der Waals surface area contributed by atoms with E-state index in [1.807, 2.05) is 69.4 Å². The van der Waals surface area contributed by atoms with Gasteiger partial charge >= 0.3 is 5.97 Å². The molecule has 0 unspecified atom stereocenters. The van der Waals surface area contributed by atoms with Crippen LogP contribution in [-0.4, -0.2) is 81.5 Å². The van der Waals surface area contributed by atoms with Crippen LogP contribution in [0.15, 0.2) is 73.1 Å². The van der Waals surface area contributed by atoms with Gasteiger partial charge in [-0.3, -0.25) is 19.4 Å². The third-order valence-electron chi connectivity index (χ3n) is 7.64. The molecule has 5 rings (SSSR count). The number of likely N-dealkylation sites (tertiary alicyclic amines) is 1. The number of ether oxygens (including phenoxy) is 1. The normalized spacial score (nSPS) is 14.7. The zero-order valence-corrected chi connectivity index (χ0v) is 27.6. The Morgan fingerprint density at radius 3 is 2.61 bits per heavy atom. The summed E-state index contributed by atoms with van der Waals surface area (Å²) < 4.78 is 5.33. The summed E-state index contributed by atoms with van der Waals surface area (Å²) >= 11 is 6.51. The number of nitrogens with zero attached hydrogens (tertiary/aromatic N) is 4. The minimum Gasteiger partial charge on any atom is -0.459 e. The lowest BCUT2D eigenvalue weighted by Gasteiger charge is -2.32. The molecule has 1 aliphatic heterocycles. The number of H-pyrrole nitrogens is 1. The van der Waals surface area contributed by atoms with E-state index in [0.29, 0.717) is 23.2 Å². The Balaban J connectivity index is 1.05. The summed E-state index contributed by atoms with van der Waals surface area (Å²) in [5, 5.41) is 8.01. The molecule has 1 saturated heterocycles. The molecule has 3 N–H and O–H groups in total. The van der Waals surface area contributed by atoms with Gasteiger partial charge in [-0.15, -0.1) is 0 Å². The molecule has 242 valence electrons. The van der Waals surface area contributed by atoms with Gasteiger partial charge in [-0.05, 0) is 64.4 Å².